The summed E-state index contributed by atoms with van der Waals surface area (Å²) in [5, 5.41) is 4.92. The fourth-order valence-electron chi connectivity index (χ4n) is 3.82. The maximum absolute atomic E-state index is 12.3. The predicted molar refractivity (Wildman–Crippen MR) is 136 cm³/mol. The van der Waals surface area contributed by atoms with Gasteiger partial charge in [-0.3, -0.25) is 14.6 Å². The Morgan fingerprint density at radius 3 is 2.47 bits per heavy atom. The summed E-state index contributed by atoms with van der Waals surface area (Å²) in [6, 6.07) is 25.6. The quantitative estimate of drug-likeness (QED) is 0.371. The molecule has 0 bridgehead atoms. The van der Waals surface area contributed by atoms with Gasteiger partial charge in [0.25, 0.3) is 5.91 Å². The molecule has 0 spiro atoms. The molecule has 1 fully saturated rings. The van der Waals surface area contributed by atoms with Gasteiger partial charge in [0.2, 0.25) is 0 Å². The normalized spacial score (nSPS) is 14.9. The second-order valence-electron chi connectivity index (χ2n) is 8.28. The minimum atomic E-state index is -0.118. The van der Waals surface area contributed by atoms with Crippen molar-refractivity contribution >= 4 is 23.7 Å². The number of piperazine rings is 1. The third-order valence-corrected chi connectivity index (χ3v) is 6.06. The van der Waals surface area contributed by atoms with Crippen molar-refractivity contribution in [2.45, 2.75) is 13.2 Å². The SMILES string of the molecule is O=C(CN1CCN(Cc2ccccc2Cl)CC1)N/N=C\c1cccc(OCc2ccccc2)c1. The molecule has 1 aliphatic rings. The number of nitrogens with one attached hydrogen (secondary N) is 1. The standard InChI is InChI=1S/C27H29ClN4O2/c28-26-12-5-4-10-24(26)19-31-13-15-32(16-14-31)20-27(33)30-29-18-23-9-6-11-25(17-23)34-21-22-7-2-1-3-8-22/h1-12,17-18H,13-16,19-21H2,(H,30,33)/b29-18-. The molecule has 0 atom stereocenters. The first kappa shape index (κ1) is 24.0. The minimum Gasteiger partial charge on any atom is -0.489 e. The van der Waals surface area contributed by atoms with Crippen LogP contribution >= 0.6 is 11.6 Å². The molecule has 0 radical (unpaired) electrons. The van der Waals surface area contributed by atoms with Crippen LogP contribution in [0.2, 0.25) is 5.02 Å². The van der Waals surface area contributed by atoms with E-state index in [0.29, 0.717) is 13.2 Å². The lowest BCUT2D eigenvalue weighted by Gasteiger charge is -2.34. The summed E-state index contributed by atoms with van der Waals surface area (Å²) >= 11 is 6.27. The molecule has 0 unspecified atom stereocenters. The molecule has 1 N–H and O–H groups in total. The van der Waals surface area contributed by atoms with E-state index < -0.39 is 0 Å². The number of ether oxygens (including phenoxy) is 1. The summed E-state index contributed by atoms with van der Waals surface area (Å²) in [6.45, 7) is 5.14. The Balaban J connectivity index is 1.18. The molecule has 176 valence electrons. The topological polar surface area (TPSA) is 57.2 Å². The van der Waals surface area contributed by atoms with Crippen LogP contribution in [-0.4, -0.2) is 54.6 Å². The van der Waals surface area contributed by atoms with Crippen molar-refractivity contribution in [3.8, 4) is 5.75 Å². The van der Waals surface area contributed by atoms with Gasteiger partial charge in [0.05, 0.1) is 12.8 Å². The average molecular weight is 477 g/mol. The first-order valence-corrected chi connectivity index (χ1v) is 11.8. The molecular formula is C27H29ClN4O2. The van der Waals surface area contributed by atoms with Gasteiger partial charge < -0.3 is 4.74 Å². The van der Waals surface area contributed by atoms with Crippen molar-refractivity contribution in [3.63, 3.8) is 0 Å². The van der Waals surface area contributed by atoms with E-state index in [1.54, 1.807) is 6.21 Å². The van der Waals surface area contributed by atoms with Gasteiger partial charge in [-0.05, 0) is 34.9 Å². The highest BCUT2D eigenvalue weighted by molar-refractivity contribution is 6.31. The van der Waals surface area contributed by atoms with Gasteiger partial charge in [-0.25, -0.2) is 5.43 Å². The molecule has 1 heterocycles. The van der Waals surface area contributed by atoms with Crippen LogP contribution < -0.4 is 10.2 Å². The smallest absolute Gasteiger partial charge is 0.254 e. The van der Waals surface area contributed by atoms with Gasteiger partial charge >= 0.3 is 0 Å². The number of carbonyl (C=O) groups excluding carboxylic acids is 1. The van der Waals surface area contributed by atoms with Gasteiger partial charge in [0.15, 0.2) is 0 Å². The average Bonchev–Trinajstić information content (AvgIpc) is 2.86. The fourth-order valence-corrected chi connectivity index (χ4v) is 4.01. The van der Waals surface area contributed by atoms with Crippen LogP contribution in [0.3, 0.4) is 0 Å². The van der Waals surface area contributed by atoms with Crippen molar-refractivity contribution < 1.29 is 9.53 Å². The van der Waals surface area contributed by atoms with Crippen molar-refractivity contribution in [2.75, 3.05) is 32.7 Å². The molecule has 7 heteroatoms. The largest absolute Gasteiger partial charge is 0.489 e. The number of benzene rings is 3. The molecule has 3 aromatic carbocycles. The lowest BCUT2D eigenvalue weighted by Crippen LogP contribution is -2.48. The number of nitrogens with zero attached hydrogens (tertiary/aromatic N) is 3. The van der Waals surface area contributed by atoms with Crippen molar-refractivity contribution in [3.05, 3.63) is 101 Å². The van der Waals surface area contributed by atoms with Crippen LogP contribution in [0.25, 0.3) is 0 Å². The van der Waals surface area contributed by atoms with Gasteiger partial charge in [-0.15, -0.1) is 0 Å². The third kappa shape index (κ3) is 7.42. The van der Waals surface area contributed by atoms with Crippen LogP contribution in [0, 0.1) is 0 Å². The maximum atomic E-state index is 12.3. The Bertz CT molecular complexity index is 1100. The molecule has 0 saturated carbocycles. The summed E-state index contributed by atoms with van der Waals surface area (Å²) in [7, 11) is 0. The van der Waals surface area contributed by atoms with E-state index >= 15 is 0 Å². The van der Waals surface area contributed by atoms with E-state index in [4.69, 9.17) is 16.3 Å². The minimum absolute atomic E-state index is 0.118. The molecular weight excluding hydrogens is 448 g/mol. The molecule has 1 aliphatic heterocycles. The zero-order valence-electron chi connectivity index (χ0n) is 19.1. The van der Waals surface area contributed by atoms with Crippen molar-refractivity contribution in [1.82, 2.24) is 15.2 Å². The van der Waals surface area contributed by atoms with E-state index in [1.165, 1.54) is 0 Å². The number of halogens is 1. The predicted octanol–water partition coefficient (Wildman–Crippen LogP) is 4.19. The van der Waals surface area contributed by atoms with Crippen LogP contribution in [0.15, 0.2) is 84.0 Å². The highest BCUT2D eigenvalue weighted by Gasteiger charge is 2.19. The summed E-state index contributed by atoms with van der Waals surface area (Å²) in [6.07, 6.45) is 1.63. The maximum Gasteiger partial charge on any atom is 0.254 e. The molecule has 6 nitrogen and oxygen atoms in total. The van der Waals surface area contributed by atoms with E-state index in [0.717, 1.165) is 60.2 Å². The monoisotopic (exact) mass is 476 g/mol. The molecule has 4 rings (SSSR count). The van der Waals surface area contributed by atoms with Crippen molar-refractivity contribution in [1.29, 1.82) is 0 Å². The molecule has 1 amide bonds. The zero-order chi connectivity index (χ0) is 23.6. The zero-order valence-corrected chi connectivity index (χ0v) is 19.8. The summed E-state index contributed by atoms with van der Waals surface area (Å²) in [5.41, 5.74) is 5.74. The van der Waals surface area contributed by atoms with Crippen LogP contribution in [-0.2, 0) is 17.9 Å². The fraction of sp³-hybridized carbons (Fsp3) is 0.259. The van der Waals surface area contributed by atoms with Gasteiger partial charge in [0.1, 0.15) is 12.4 Å². The number of hydrogen-bond donors (Lipinski definition) is 1. The van der Waals surface area contributed by atoms with Crippen LogP contribution in [0.4, 0.5) is 0 Å². The molecule has 1 saturated heterocycles. The Labute approximate surface area is 205 Å². The van der Waals surface area contributed by atoms with Crippen LogP contribution in [0.5, 0.6) is 5.75 Å². The number of amides is 1. The summed E-state index contributed by atoms with van der Waals surface area (Å²) < 4.78 is 5.85. The van der Waals surface area contributed by atoms with E-state index in [-0.39, 0.29) is 5.91 Å². The highest BCUT2D eigenvalue weighted by Crippen LogP contribution is 2.18. The Kier molecular flexibility index (Phi) is 8.68. The lowest BCUT2D eigenvalue weighted by atomic mass is 10.2. The third-order valence-electron chi connectivity index (χ3n) is 5.69. The molecule has 0 aliphatic carbocycles. The first-order valence-electron chi connectivity index (χ1n) is 11.4. The van der Waals surface area contributed by atoms with Gasteiger partial charge in [0, 0.05) is 37.7 Å². The highest BCUT2D eigenvalue weighted by atomic mass is 35.5. The molecule has 34 heavy (non-hydrogen) atoms. The van der Waals surface area contributed by atoms with E-state index in [1.807, 2.05) is 72.8 Å². The number of carbonyl (C=O) groups is 1. The number of hydrogen-bond acceptors (Lipinski definition) is 5. The second-order valence-corrected chi connectivity index (χ2v) is 8.69. The van der Waals surface area contributed by atoms with Crippen molar-refractivity contribution in [2.24, 2.45) is 5.10 Å². The lowest BCUT2D eigenvalue weighted by molar-refractivity contribution is -0.122. The second kappa shape index (κ2) is 12.3. The summed E-state index contributed by atoms with van der Waals surface area (Å²) in [5.74, 6) is 0.640. The number of hydrazone groups is 1. The van der Waals surface area contributed by atoms with Crippen LogP contribution in [0.1, 0.15) is 16.7 Å². The van der Waals surface area contributed by atoms with E-state index in [9.17, 15) is 4.79 Å². The van der Waals surface area contributed by atoms with E-state index in [2.05, 4.69) is 26.4 Å². The Hall–Kier alpha value is -3.19. The molecule has 0 aromatic heterocycles. The summed E-state index contributed by atoms with van der Waals surface area (Å²) in [4.78, 5) is 16.8. The van der Waals surface area contributed by atoms with Gasteiger partial charge in [-0.2, -0.15) is 5.10 Å². The Morgan fingerprint density at radius 1 is 0.941 bits per heavy atom. The van der Waals surface area contributed by atoms with Gasteiger partial charge in [-0.1, -0.05) is 72.3 Å². The Morgan fingerprint density at radius 2 is 1.68 bits per heavy atom. The number of rotatable bonds is 9. The molecule has 3 aromatic rings. The first-order chi connectivity index (χ1) is 16.7.